The fraction of sp³-hybridized carbons (Fsp3) is 0.400. The molecule has 1 aromatic carbocycles. The topological polar surface area (TPSA) is 74.7 Å². The molecule has 2 atom stereocenters. The molecule has 0 spiro atoms. The van der Waals surface area contributed by atoms with Crippen molar-refractivity contribution in [3.63, 3.8) is 0 Å². The molecular weight excluding hydrogens is 290 g/mol. The fourth-order valence-corrected chi connectivity index (χ4v) is 3.42. The highest BCUT2D eigenvalue weighted by Crippen LogP contribution is 2.22. The van der Waals surface area contributed by atoms with Gasteiger partial charge in [0.15, 0.2) is 0 Å². The maximum atomic E-state index is 12.5. The van der Waals surface area contributed by atoms with E-state index in [1.54, 1.807) is 6.92 Å². The standard InChI is InChI=1S/C15H18NO4S/c1-5-11(3)14(15(17)18)16(4)21(19,20)13-9-7-12(6-2)8-10-13/h7-11,14H,5H2,1,3-4H3,(H,17,18). The summed E-state index contributed by atoms with van der Waals surface area (Å²) in [5, 5.41) is 9.30. The van der Waals surface area contributed by atoms with Crippen molar-refractivity contribution in [1.29, 1.82) is 0 Å². The molecule has 0 heterocycles. The Labute approximate surface area is 125 Å². The first-order valence-corrected chi connectivity index (χ1v) is 7.93. The number of hydrogen-bond donors (Lipinski definition) is 1. The van der Waals surface area contributed by atoms with Crippen molar-refractivity contribution < 1.29 is 18.3 Å². The van der Waals surface area contributed by atoms with Gasteiger partial charge in [-0.3, -0.25) is 4.79 Å². The van der Waals surface area contributed by atoms with E-state index in [1.165, 1.54) is 31.3 Å². The molecule has 2 unspecified atom stereocenters. The van der Waals surface area contributed by atoms with Crippen LogP contribution in [-0.4, -0.2) is 36.9 Å². The van der Waals surface area contributed by atoms with Crippen LogP contribution in [0.4, 0.5) is 0 Å². The molecule has 0 aromatic heterocycles. The van der Waals surface area contributed by atoms with Crippen LogP contribution >= 0.6 is 0 Å². The Morgan fingerprint density at radius 3 is 2.29 bits per heavy atom. The van der Waals surface area contributed by atoms with Gasteiger partial charge in [0.1, 0.15) is 6.04 Å². The minimum atomic E-state index is -3.90. The van der Waals surface area contributed by atoms with Crippen molar-refractivity contribution in [3.05, 3.63) is 36.3 Å². The molecule has 0 aliphatic heterocycles. The molecule has 0 amide bonds. The Hall–Kier alpha value is -1.84. The smallest absolute Gasteiger partial charge is 0.322 e. The molecule has 0 saturated heterocycles. The van der Waals surface area contributed by atoms with Gasteiger partial charge >= 0.3 is 5.97 Å². The number of likely N-dealkylation sites (N-methyl/N-ethyl adjacent to an activating group) is 1. The number of benzene rings is 1. The molecule has 0 aliphatic rings. The van der Waals surface area contributed by atoms with Crippen LogP contribution < -0.4 is 0 Å². The first-order chi connectivity index (χ1) is 9.75. The average molecular weight is 308 g/mol. The lowest BCUT2D eigenvalue weighted by Crippen LogP contribution is -2.46. The minimum absolute atomic E-state index is 0.00134. The zero-order chi connectivity index (χ0) is 16.2. The van der Waals surface area contributed by atoms with Crippen molar-refractivity contribution in [2.75, 3.05) is 7.05 Å². The zero-order valence-corrected chi connectivity index (χ0v) is 13.0. The average Bonchev–Trinajstić information content (AvgIpc) is 2.46. The van der Waals surface area contributed by atoms with Crippen molar-refractivity contribution in [2.45, 2.75) is 31.2 Å². The molecule has 21 heavy (non-hydrogen) atoms. The number of sulfonamides is 1. The van der Waals surface area contributed by atoms with Crippen molar-refractivity contribution in [1.82, 2.24) is 4.31 Å². The van der Waals surface area contributed by atoms with Crippen molar-refractivity contribution in [2.24, 2.45) is 5.92 Å². The monoisotopic (exact) mass is 308 g/mol. The summed E-state index contributed by atoms with van der Waals surface area (Å²) in [4.78, 5) is 11.4. The number of nitrogens with zero attached hydrogens (tertiary/aromatic N) is 1. The number of hydrogen-bond acceptors (Lipinski definition) is 3. The predicted molar refractivity (Wildman–Crippen MR) is 78.5 cm³/mol. The molecular formula is C15H18NO4S. The van der Waals surface area contributed by atoms with Gasteiger partial charge in [0.2, 0.25) is 10.0 Å². The molecule has 0 bridgehead atoms. The van der Waals surface area contributed by atoms with Crippen LogP contribution in [0.2, 0.25) is 0 Å². The first-order valence-electron chi connectivity index (χ1n) is 6.49. The van der Waals surface area contributed by atoms with E-state index in [0.29, 0.717) is 12.0 Å². The van der Waals surface area contributed by atoms with Crippen LogP contribution in [0.1, 0.15) is 25.8 Å². The van der Waals surface area contributed by atoms with E-state index in [-0.39, 0.29) is 10.8 Å². The quantitative estimate of drug-likeness (QED) is 0.812. The fourth-order valence-electron chi connectivity index (χ4n) is 2.01. The van der Waals surface area contributed by atoms with Gasteiger partial charge in [0.05, 0.1) is 4.90 Å². The second-order valence-corrected chi connectivity index (χ2v) is 6.84. The van der Waals surface area contributed by atoms with E-state index < -0.39 is 22.0 Å². The van der Waals surface area contributed by atoms with Crippen LogP contribution in [-0.2, 0) is 14.8 Å². The summed E-state index contributed by atoms with van der Waals surface area (Å²) in [6, 6.07) is 4.48. The van der Waals surface area contributed by atoms with E-state index in [0.717, 1.165) is 4.31 Å². The molecule has 1 rings (SSSR count). The maximum Gasteiger partial charge on any atom is 0.322 e. The normalized spacial score (nSPS) is 14.4. The highest BCUT2D eigenvalue weighted by Gasteiger charge is 2.35. The highest BCUT2D eigenvalue weighted by atomic mass is 32.2. The molecule has 1 radical (unpaired) electrons. The maximum absolute atomic E-state index is 12.5. The van der Waals surface area contributed by atoms with Crippen LogP contribution in [0, 0.1) is 18.3 Å². The van der Waals surface area contributed by atoms with Crippen molar-refractivity contribution in [3.8, 4) is 5.92 Å². The minimum Gasteiger partial charge on any atom is -0.480 e. The third-order valence-corrected chi connectivity index (χ3v) is 5.36. The number of carboxylic acid groups (broad SMARTS) is 1. The van der Waals surface area contributed by atoms with E-state index in [4.69, 9.17) is 6.42 Å². The molecule has 0 fully saturated rings. The number of aliphatic carboxylic acids is 1. The van der Waals surface area contributed by atoms with Crippen LogP contribution in [0.15, 0.2) is 29.2 Å². The summed E-state index contributed by atoms with van der Waals surface area (Å²) < 4.78 is 25.9. The summed E-state index contributed by atoms with van der Waals surface area (Å²) in [7, 11) is -2.63. The number of carboxylic acids is 1. The van der Waals surface area contributed by atoms with Gasteiger partial charge < -0.3 is 5.11 Å². The van der Waals surface area contributed by atoms with Crippen LogP contribution in [0.25, 0.3) is 0 Å². The predicted octanol–water partition coefficient (Wildman–Crippen LogP) is 1.74. The third kappa shape index (κ3) is 3.63. The number of carbonyl (C=O) groups is 1. The lowest BCUT2D eigenvalue weighted by molar-refractivity contribution is -0.142. The third-order valence-electron chi connectivity index (χ3n) is 3.50. The summed E-state index contributed by atoms with van der Waals surface area (Å²) in [6.07, 6.45) is 7.53. The zero-order valence-electron chi connectivity index (χ0n) is 12.2. The summed E-state index contributed by atoms with van der Waals surface area (Å²) in [5.74, 6) is 0.675. The van der Waals surface area contributed by atoms with Gasteiger partial charge in [-0.05, 0) is 36.6 Å². The summed E-state index contributed by atoms with van der Waals surface area (Å²) in [6.45, 7) is 3.52. The molecule has 5 nitrogen and oxygen atoms in total. The Morgan fingerprint density at radius 1 is 1.38 bits per heavy atom. The molecule has 113 valence electrons. The first kappa shape index (κ1) is 17.2. The Morgan fingerprint density at radius 2 is 1.90 bits per heavy atom. The SMILES string of the molecule is [C]#Cc1ccc(S(=O)(=O)N(C)C(C(=O)O)C(C)CC)cc1. The Kier molecular flexibility index (Phi) is 5.53. The summed E-state index contributed by atoms with van der Waals surface area (Å²) >= 11 is 0. The highest BCUT2D eigenvalue weighted by molar-refractivity contribution is 7.89. The van der Waals surface area contributed by atoms with Gasteiger partial charge in [0.25, 0.3) is 0 Å². The second kappa shape index (κ2) is 6.74. The second-order valence-electron chi connectivity index (χ2n) is 4.84. The Bertz CT molecular complexity index is 643. The van der Waals surface area contributed by atoms with Gasteiger partial charge in [-0.2, -0.15) is 4.31 Å². The lowest BCUT2D eigenvalue weighted by Gasteiger charge is -2.28. The van der Waals surface area contributed by atoms with Crippen molar-refractivity contribution >= 4 is 16.0 Å². The van der Waals surface area contributed by atoms with E-state index in [1.807, 2.05) is 6.92 Å². The molecule has 0 saturated carbocycles. The molecule has 1 N–H and O–H groups in total. The Balaban J connectivity index is 3.21. The van der Waals surface area contributed by atoms with Crippen LogP contribution in [0.3, 0.4) is 0 Å². The van der Waals surface area contributed by atoms with Gasteiger partial charge in [-0.15, -0.1) is 0 Å². The van der Waals surface area contributed by atoms with E-state index in [2.05, 4.69) is 5.92 Å². The van der Waals surface area contributed by atoms with Gasteiger partial charge in [-0.25, -0.2) is 8.42 Å². The molecule has 6 heteroatoms. The largest absolute Gasteiger partial charge is 0.480 e. The van der Waals surface area contributed by atoms with Gasteiger partial charge in [-0.1, -0.05) is 26.2 Å². The molecule has 1 aromatic rings. The van der Waals surface area contributed by atoms with Crippen LogP contribution in [0.5, 0.6) is 0 Å². The van der Waals surface area contributed by atoms with E-state index in [9.17, 15) is 18.3 Å². The van der Waals surface area contributed by atoms with Gasteiger partial charge in [0, 0.05) is 12.6 Å². The number of rotatable bonds is 6. The summed E-state index contributed by atoms with van der Waals surface area (Å²) in [5.41, 5.74) is 0.452. The lowest BCUT2D eigenvalue weighted by atomic mass is 10.00. The molecule has 0 aliphatic carbocycles. The van der Waals surface area contributed by atoms with E-state index >= 15 is 0 Å².